The topological polar surface area (TPSA) is 0 Å². The highest BCUT2D eigenvalue weighted by atomic mass is 14.6. The number of hydrogen-bond acceptors (Lipinski definition) is 0. The summed E-state index contributed by atoms with van der Waals surface area (Å²) in [6.45, 7) is 14.2. The highest BCUT2D eigenvalue weighted by molar-refractivity contribution is 5.25. The van der Waals surface area contributed by atoms with E-state index in [1.807, 2.05) is 0 Å². The first-order valence-corrected chi connectivity index (χ1v) is 8.72. The van der Waals surface area contributed by atoms with Crippen molar-refractivity contribution in [3.8, 4) is 0 Å². The van der Waals surface area contributed by atoms with Crippen LogP contribution in [-0.4, -0.2) is 0 Å². The van der Waals surface area contributed by atoms with Crippen LogP contribution in [0.3, 0.4) is 0 Å². The van der Waals surface area contributed by atoms with Crippen LogP contribution in [0.1, 0.15) is 66.2 Å². The molecule has 0 aliphatic heterocycles. The van der Waals surface area contributed by atoms with Crippen molar-refractivity contribution < 1.29 is 0 Å². The molecule has 0 heteroatoms. The van der Waals surface area contributed by atoms with Gasteiger partial charge >= 0.3 is 0 Å². The molecule has 0 saturated heterocycles. The zero-order valence-electron chi connectivity index (χ0n) is 13.9. The van der Waals surface area contributed by atoms with Crippen molar-refractivity contribution in [2.24, 2.45) is 34.5 Å². The fourth-order valence-electron chi connectivity index (χ4n) is 6.39. The van der Waals surface area contributed by atoms with Gasteiger partial charge in [0.05, 0.1) is 0 Å². The van der Waals surface area contributed by atoms with Crippen LogP contribution < -0.4 is 0 Å². The van der Waals surface area contributed by atoms with E-state index in [-0.39, 0.29) is 0 Å². The highest BCUT2D eigenvalue weighted by Gasteiger charge is 2.55. The van der Waals surface area contributed by atoms with Gasteiger partial charge in [-0.1, -0.05) is 52.8 Å². The molecule has 3 aliphatic carbocycles. The van der Waals surface area contributed by atoms with Crippen molar-refractivity contribution in [2.45, 2.75) is 66.2 Å². The third-order valence-electron chi connectivity index (χ3n) is 7.44. The van der Waals surface area contributed by atoms with Crippen LogP contribution in [0.4, 0.5) is 0 Å². The van der Waals surface area contributed by atoms with Gasteiger partial charge in [0.15, 0.2) is 0 Å². The maximum Gasteiger partial charge on any atom is -0.0162 e. The first-order valence-electron chi connectivity index (χ1n) is 8.72. The number of allylic oxidation sites excluding steroid dienone is 3. The van der Waals surface area contributed by atoms with E-state index in [9.17, 15) is 0 Å². The van der Waals surface area contributed by atoms with Crippen LogP contribution >= 0.6 is 0 Å². The molecule has 3 rings (SSSR count). The van der Waals surface area contributed by atoms with Gasteiger partial charge in [-0.15, -0.1) is 0 Å². The molecule has 2 fully saturated rings. The lowest BCUT2D eigenvalue weighted by atomic mass is 9.44. The molecule has 0 nitrogen and oxygen atoms in total. The molecule has 0 N–H and O–H groups in total. The summed E-state index contributed by atoms with van der Waals surface area (Å²) >= 11 is 0. The molecule has 0 spiro atoms. The van der Waals surface area contributed by atoms with E-state index < -0.39 is 0 Å². The van der Waals surface area contributed by atoms with Crippen molar-refractivity contribution in [2.75, 3.05) is 0 Å². The maximum atomic E-state index is 4.03. The summed E-state index contributed by atoms with van der Waals surface area (Å²) in [6.07, 6.45) is 13.2. The summed E-state index contributed by atoms with van der Waals surface area (Å²) in [4.78, 5) is 0. The standard InChI is InChI=1S/C20H32/c1-6-15-8-10-17-16(14(15)2)9-11-18-19(3,4)12-7-13-20(17,18)5/h6,8,14,16-18H,1,7,9-13H2,2-5H3/t14-,16-,17-,18-,20+/m0/s1. The fourth-order valence-corrected chi connectivity index (χ4v) is 6.39. The molecule has 0 radical (unpaired) electrons. The van der Waals surface area contributed by atoms with Gasteiger partial charge in [0.2, 0.25) is 0 Å². The van der Waals surface area contributed by atoms with Crippen LogP contribution in [0, 0.1) is 34.5 Å². The Labute approximate surface area is 125 Å². The second-order valence-corrected chi connectivity index (χ2v) is 8.68. The molecule has 0 aromatic heterocycles. The molecule has 112 valence electrons. The Morgan fingerprint density at radius 2 is 1.95 bits per heavy atom. The van der Waals surface area contributed by atoms with Gasteiger partial charge in [0.25, 0.3) is 0 Å². The summed E-state index contributed by atoms with van der Waals surface area (Å²) in [7, 11) is 0. The van der Waals surface area contributed by atoms with Gasteiger partial charge in [0.1, 0.15) is 0 Å². The normalized spacial score (nSPS) is 46.9. The second kappa shape index (κ2) is 4.75. The number of fused-ring (bicyclic) bond motifs is 3. The van der Waals surface area contributed by atoms with Crippen LogP contribution in [0.5, 0.6) is 0 Å². The van der Waals surface area contributed by atoms with Crippen LogP contribution in [0.2, 0.25) is 0 Å². The van der Waals surface area contributed by atoms with E-state index in [0.29, 0.717) is 10.8 Å². The SMILES string of the molecule is C=CC1=CC[C@H]2[C@@H](CC[C@H]3C(C)(C)CCC[C@]23C)[C@H]1C. The molecule has 20 heavy (non-hydrogen) atoms. The van der Waals surface area contributed by atoms with Gasteiger partial charge in [0, 0.05) is 0 Å². The molecule has 5 atom stereocenters. The lowest BCUT2D eigenvalue weighted by Crippen LogP contribution is -2.53. The lowest BCUT2D eigenvalue weighted by Gasteiger charge is -2.61. The summed E-state index contributed by atoms with van der Waals surface area (Å²) in [6, 6.07) is 0. The van der Waals surface area contributed by atoms with Gasteiger partial charge in [-0.3, -0.25) is 0 Å². The third-order valence-corrected chi connectivity index (χ3v) is 7.44. The average molecular weight is 272 g/mol. The predicted molar refractivity (Wildman–Crippen MR) is 87.5 cm³/mol. The van der Waals surface area contributed by atoms with Crippen LogP contribution in [0.15, 0.2) is 24.3 Å². The first kappa shape index (κ1) is 14.4. The van der Waals surface area contributed by atoms with Gasteiger partial charge in [-0.05, 0) is 72.2 Å². The van der Waals surface area contributed by atoms with E-state index in [1.54, 1.807) is 0 Å². The number of hydrogen-bond donors (Lipinski definition) is 0. The average Bonchev–Trinajstić information content (AvgIpc) is 2.38. The smallest absolute Gasteiger partial charge is 0.0162 e. The van der Waals surface area contributed by atoms with Crippen molar-refractivity contribution in [3.63, 3.8) is 0 Å². The summed E-state index contributed by atoms with van der Waals surface area (Å²) in [5, 5.41) is 0. The Morgan fingerprint density at radius 3 is 2.65 bits per heavy atom. The first-order chi connectivity index (χ1) is 9.40. The van der Waals surface area contributed by atoms with E-state index in [2.05, 4.69) is 46.4 Å². The summed E-state index contributed by atoms with van der Waals surface area (Å²) in [5.41, 5.74) is 2.66. The fraction of sp³-hybridized carbons (Fsp3) is 0.800. The Hall–Kier alpha value is -0.520. The molecular weight excluding hydrogens is 240 g/mol. The number of rotatable bonds is 1. The Bertz CT molecular complexity index is 427. The minimum Gasteiger partial charge on any atom is -0.0988 e. The lowest BCUT2D eigenvalue weighted by molar-refractivity contribution is -0.105. The third kappa shape index (κ3) is 1.94. The highest BCUT2D eigenvalue weighted by Crippen LogP contribution is 2.64. The molecular formula is C20H32. The largest absolute Gasteiger partial charge is 0.0988 e. The van der Waals surface area contributed by atoms with Gasteiger partial charge < -0.3 is 0 Å². The van der Waals surface area contributed by atoms with Crippen molar-refractivity contribution in [1.82, 2.24) is 0 Å². The van der Waals surface area contributed by atoms with Gasteiger partial charge in [-0.25, -0.2) is 0 Å². The molecule has 0 amide bonds. The molecule has 0 heterocycles. The van der Waals surface area contributed by atoms with E-state index in [1.165, 1.54) is 44.1 Å². The second-order valence-electron chi connectivity index (χ2n) is 8.68. The van der Waals surface area contributed by atoms with E-state index in [4.69, 9.17) is 0 Å². The monoisotopic (exact) mass is 272 g/mol. The molecule has 2 saturated carbocycles. The van der Waals surface area contributed by atoms with Crippen LogP contribution in [-0.2, 0) is 0 Å². The Morgan fingerprint density at radius 1 is 1.20 bits per heavy atom. The molecule has 0 aromatic rings. The minimum absolute atomic E-state index is 0.559. The van der Waals surface area contributed by atoms with E-state index >= 15 is 0 Å². The quantitative estimate of drug-likeness (QED) is 0.549. The van der Waals surface area contributed by atoms with Crippen molar-refractivity contribution in [1.29, 1.82) is 0 Å². The Kier molecular flexibility index (Phi) is 3.42. The minimum atomic E-state index is 0.559. The summed E-state index contributed by atoms with van der Waals surface area (Å²) < 4.78 is 0. The van der Waals surface area contributed by atoms with Gasteiger partial charge in [-0.2, -0.15) is 0 Å². The summed E-state index contributed by atoms with van der Waals surface area (Å²) in [5.74, 6) is 3.49. The van der Waals surface area contributed by atoms with Crippen molar-refractivity contribution >= 4 is 0 Å². The zero-order valence-corrected chi connectivity index (χ0v) is 13.9. The van der Waals surface area contributed by atoms with E-state index in [0.717, 1.165) is 23.7 Å². The molecule has 0 aromatic carbocycles. The molecule has 0 bridgehead atoms. The molecule has 3 aliphatic rings. The Balaban J connectivity index is 1.95. The van der Waals surface area contributed by atoms with Crippen LogP contribution in [0.25, 0.3) is 0 Å². The maximum absolute atomic E-state index is 4.03. The van der Waals surface area contributed by atoms with Crippen molar-refractivity contribution in [3.05, 3.63) is 24.3 Å². The predicted octanol–water partition coefficient (Wildman–Crippen LogP) is 6.00. The molecule has 0 unspecified atom stereocenters. The zero-order chi connectivity index (χ0) is 14.5.